The van der Waals surface area contributed by atoms with Gasteiger partial charge in [-0.2, -0.15) is 5.26 Å². The molecular formula is C23H14BrN3O3S. The first kappa shape index (κ1) is 20.7. The number of nitrogens with zero attached hydrogens (tertiary/aromatic N) is 2. The third-order valence-corrected chi connectivity index (χ3v) is 5.87. The number of halogens is 1. The molecule has 4 aromatic rings. The minimum absolute atomic E-state index is 0.0133. The third kappa shape index (κ3) is 4.48. The predicted octanol–water partition coefficient (Wildman–Crippen LogP) is 5.86. The Morgan fingerprint density at radius 2 is 2.00 bits per heavy atom. The molecule has 0 aliphatic rings. The second kappa shape index (κ2) is 8.68. The molecule has 2 heterocycles. The Kier molecular flexibility index (Phi) is 5.80. The van der Waals surface area contributed by atoms with Crippen molar-refractivity contribution >= 4 is 55.3 Å². The Morgan fingerprint density at radius 3 is 2.71 bits per heavy atom. The first-order valence-corrected chi connectivity index (χ1v) is 10.8. The van der Waals surface area contributed by atoms with Gasteiger partial charge in [-0.3, -0.25) is 4.79 Å². The van der Waals surface area contributed by atoms with Gasteiger partial charge in [-0.1, -0.05) is 15.9 Å². The zero-order valence-electron chi connectivity index (χ0n) is 16.2. The van der Waals surface area contributed by atoms with Crippen molar-refractivity contribution in [2.24, 2.45) is 0 Å². The highest BCUT2D eigenvalue weighted by Crippen LogP contribution is 2.27. The fourth-order valence-corrected chi connectivity index (χ4v) is 4.06. The van der Waals surface area contributed by atoms with Crippen LogP contribution in [0.25, 0.3) is 27.8 Å². The van der Waals surface area contributed by atoms with E-state index in [1.807, 2.05) is 6.07 Å². The summed E-state index contributed by atoms with van der Waals surface area (Å²) >= 11 is 4.67. The van der Waals surface area contributed by atoms with Crippen LogP contribution in [0, 0.1) is 11.3 Å². The number of carbonyl (C=O) groups is 1. The van der Waals surface area contributed by atoms with Crippen LogP contribution in [-0.4, -0.2) is 10.8 Å². The monoisotopic (exact) mass is 491 g/mol. The average Bonchev–Trinajstić information content (AvgIpc) is 3.24. The zero-order valence-corrected chi connectivity index (χ0v) is 18.6. The van der Waals surface area contributed by atoms with Crippen LogP contribution in [0.15, 0.2) is 73.8 Å². The summed E-state index contributed by atoms with van der Waals surface area (Å²) in [5, 5.41) is 15.6. The van der Waals surface area contributed by atoms with Crippen LogP contribution in [0.1, 0.15) is 22.3 Å². The fraction of sp³-hybridized carbons (Fsp3) is 0.0435. The number of nitriles is 1. The number of aromatic nitrogens is 1. The molecule has 0 fully saturated rings. The number of allylic oxidation sites excluding steroid dienone is 1. The van der Waals surface area contributed by atoms with E-state index in [4.69, 9.17) is 4.42 Å². The summed E-state index contributed by atoms with van der Waals surface area (Å²) < 4.78 is 6.27. The first-order valence-electron chi connectivity index (χ1n) is 9.12. The quantitative estimate of drug-likeness (QED) is 0.213. The molecule has 4 rings (SSSR count). The predicted molar refractivity (Wildman–Crippen MR) is 125 cm³/mol. The lowest BCUT2D eigenvalue weighted by atomic mass is 10.1. The molecule has 1 N–H and O–H groups in total. The molecule has 8 heteroatoms. The number of hydrogen-bond acceptors (Lipinski definition) is 7. The Hall–Kier alpha value is -3.54. The molecule has 31 heavy (non-hydrogen) atoms. The van der Waals surface area contributed by atoms with Gasteiger partial charge in [0.25, 0.3) is 0 Å². The number of benzene rings is 2. The lowest BCUT2D eigenvalue weighted by Gasteiger charge is -2.02. The Labute approximate surface area is 189 Å². The summed E-state index contributed by atoms with van der Waals surface area (Å²) in [6, 6.07) is 16.2. The van der Waals surface area contributed by atoms with Gasteiger partial charge in [0.1, 0.15) is 22.2 Å². The van der Waals surface area contributed by atoms with Crippen LogP contribution >= 0.6 is 27.3 Å². The molecule has 0 unspecified atom stereocenters. The van der Waals surface area contributed by atoms with Crippen molar-refractivity contribution in [3.63, 3.8) is 0 Å². The Balaban J connectivity index is 1.62. The molecule has 0 radical (unpaired) electrons. The smallest absolute Gasteiger partial charge is 0.345 e. The van der Waals surface area contributed by atoms with Crippen molar-refractivity contribution in [3.05, 3.63) is 85.6 Å². The molecule has 0 saturated carbocycles. The van der Waals surface area contributed by atoms with E-state index in [1.165, 1.54) is 18.3 Å². The maximum atomic E-state index is 12.4. The molecule has 2 aromatic carbocycles. The lowest BCUT2D eigenvalue weighted by molar-refractivity contribution is 0.101. The van der Waals surface area contributed by atoms with E-state index in [0.29, 0.717) is 33.0 Å². The van der Waals surface area contributed by atoms with Gasteiger partial charge in [0.15, 0.2) is 5.78 Å². The van der Waals surface area contributed by atoms with E-state index < -0.39 is 5.63 Å². The van der Waals surface area contributed by atoms with Crippen LogP contribution in [0.2, 0.25) is 0 Å². The van der Waals surface area contributed by atoms with Gasteiger partial charge in [-0.25, -0.2) is 9.78 Å². The third-order valence-electron chi connectivity index (χ3n) is 4.50. The van der Waals surface area contributed by atoms with Crippen molar-refractivity contribution in [3.8, 4) is 17.3 Å². The van der Waals surface area contributed by atoms with Crippen molar-refractivity contribution in [1.82, 2.24) is 4.98 Å². The van der Waals surface area contributed by atoms with Gasteiger partial charge >= 0.3 is 5.63 Å². The number of hydrogen-bond donors (Lipinski definition) is 1. The second-order valence-electron chi connectivity index (χ2n) is 6.62. The SMILES string of the molecule is CC(=O)c1ccc(NC=C(C#N)c2nc(-c3cc4cc(Br)ccc4oc3=O)cs2)cc1. The van der Waals surface area contributed by atoms with Crippen molar-refractivity contribution in [2.75, 3.05) is 5.32 Å². The minimum Gasteiger partial charge on any atom is -0.422 e. The molecular weight excluding hydrogens is 478 g/mol. The maximum absolute atomic E-state index is 12.4. The largest absolute Gasteiger partial charge is 0.422 e. The van der Waals surface area contributed by atoms with E-state index in [9.17, 15) is 14.9 Å². The van der Waals surface area contributed by atoms with Crippen molar-refractivity contribution < 1.29 is 9.21 Å². The molecule has 0 spiro atoms. The highest BCUT2D eigenvalue weighted by Gasteiger charge is 2.14. The van der Waals surface area contributed by atoms with Gasteiger partial charge in [0.2, 0.25) is 0 Å². The van der Waals surface area contributed by atoms with Crippen LogP contribution in [0.5, 0.6) is 0 Å². The second-order valence-corrected chi connectivity index (χ2v) is 8.39. The Bertz CT molecular complexity index is 1430. The van der Waals surface area contributed by atoms with Gasteiger partial charge in [0.05, 0.1) is 11.3 Å². The summed E-state index contributed by atoms with van der Waals surface area (Å²) in [6.45, 7) is 1.51. The van der Waals surface area contributed by atoms with E-state index >= 15 is 0 Å². The molecule has 152 valence electrons. The minimum atomic E-state index is -0.488. The number of rotatable bonds is 5. The lowest BCUT2D eigenvalue weighted by Crippen LogP contribution is -2.03. The topological polar surface area (TPSA) is 96.0 Å². The molecule has 0 saturated heterocycles. The summed E-state index contributed by atoms with van der Waals surface area (Å²) in [5.74, 6) is -0.0133. The highest BCUT2D eigenvalue weighted by molar-refractivity contribution is 9.10. The van der Waals surface area contributed by atoms with Crippen LogP contribution in [0.4, 0.5) is 5.69 Å². The van der Waals surface area contributed by atoms with Crippen LogP contribution in [0.3, 0.4) is 0 Å². The van der Waals surface area contributed by atoms with E-state index in [0.717, 1.165) is 15.5 Å². The van der Waals surface area contributed by atoms with Crippen molar-refractivity contribution in [2.45, 2.75) is 6.92 Å². The first-order chi connectivity index (χ1) is 14.9. The molecule has 0 bridgehead atoms. The van der Waals surface area contributed by atoms with Crippen molar-refractivity contribution in [1.29, 1.82) is 5.26 Å². The molecule has 0 aliphatic heterocycles. The number of fused-ring (bicyclic) bond motifs is 1. The zero-order chi connectivity index (χ0) is 22.0. The standard InChI is InChI=1S/C23H14BrN3O3S/c1-13(28)14-2-5-18(6-3-14)26-11-16(10-25)22-27-20(12-31-22)19-9-15-8-17(24)4-7-21(15)30-23(19)29/h2-9,11-12,26H,1H3. The van der Waals surface area contributed by atoms with Crippen LogP contribution < -0.4 is 10.9 Å². The average molecular weight is 492 g/mol. The van der Waals surface area contributed by atoms with Gasteiger partial charge in [-0.15, -0.1) is 11.3 Å². The summed E-state index contributed by atoms with van der Waals surface area (Å²) in [6.07, 6.45) is 1.55. The highest BCUT2D eigenvalue weighted by atomic mass is 79.9. The number of ketones is 1. The number of anilines is 1. The molecule has 6 nitrogen and oxygen atoms in total. The van der Waals surface area contributed by atoms with E-state index in [2.05, 4.69) is 32.3 Å². The summed E-state index contributed by atoms with van der Waals surface area (Å²) in [7, 11) is 0. The maximum Gasteiger partial charge on any atom is 0.345 e. The van der Waals surface area contributed by atoms with E-state index in [-0.39, 0.29) is 5.78 Å². The van der Waals surface area contributed by atoms with Gasteiger partial charge < -0.3 is 9.73 Å². The van der Waals surface area contributed by atoms with Gasteiger partial charge in [-0.05, 0) is 55.5 Å². The number of Topliss-reactive ketones (excluding diaryl/α,β-unsaturated/α-hetero) is 1. The van der Waals surface area contributed by atoms with Crippen LogP contribution in [-0.2, 0) is 0 Å². The number of carbonyl (C=O) groups excluding carboxylic acids is 1. The fourth-order valence-electron chi connectivity index (χ4n) is 2.89. The summed E-state index contributed by atoms with van der Waals surface area (Å²) in [4.78, 5) is 28.3. The van der Waals surface area contributed by atoms with E-state index in [1.54, 1.807) is 54.0 Å². The number of thiazole rings is 1. The van der Waals surface area contributed by atoms with Gasteiger partial charge in [0, 0.05) is 32.7 Å². The molecule has 0 amide bonds. The number of nitrogens with one attached hydrogen (secondary N) is 1. The Morgan fingerprint density at radius 1 is 1.23 bits per heavy atom. The molecule has 0 aliphatic carbocycles. The molecule has 2 aromatic heterocycles. The molecule has 0 atom stereocenters. The normalized spacial score (nSPS) is 11.3. The summed E-state index contributed by atoms with van der Waals surface area (Å²) in [5.41, 5.74) is 2.44.